The first-order valence-corrected chi connectivity index (χ1v) is 6.08. The Kier molecular flexibility index (Phi) is 5.38. The van der Waals surface area contributed by atoms with Gasteiger partial charge in [0.15, 0.2) is 5.11 Å². The number of aryl methyl sites for hydroxylation is 2. The number of rotatable bonds is 4. The fourth-order valence-corrected chi connectivity index (χ4v) is 1.74. The van der Waals surface area contributed by atoms with Crippen molar-refractivity contribution >= 4 is 23.0 Å². The standard InChI is InChI=1S/C13H20N2OS/c1-9-5-10(2)7-12(6-9)15-13(17)14-8-11(3)16-4/h5-7,11H,8H2,1-4H3,(H2,14,15,17). The molecule has 94 valence electrons. The van der Waals surface area contributed by atoms with Gasteiger partial charge in [-0.2, -0.15) is 0 Å². The average molecular weight is 252 g/mol. The summed E-state index contributed by atoms with van der Waals surface area (Å²) in [6.45, 7) is 6.84. The molecule has 0 saturated carbocycles. The van der Waals surface area contributed by atoms with Gasteiger partial charge in [-0.25, -0.2) is 0 Å². The van der Waals surface area contributed by atoms with Crippen molar-refractivity contribution in [3.8, 4) is 0 Å². The van der Waals surface area contributed by atoms with Crippen molar-refractivity contribution in [3.05, 3.63) is 29.3 Å². The molecule has 0 aliphatic rings. The largest absolute Gasteiger partial charge is 0.380 e. The summed E-state index contributed by atoms with van der Waals surface area (Å²) in [6.07, 6.45) is 0.147. The normalized spacial score (nSPS) is 12.0. The van der Waals surface area contributed by atoms with E-state index in [9.17, 15) is 0 Å². The molecule has 1 unspecified atom stereocenters. The molecule has 1 aromatic carbocycles. The predicted octanol–water partition coefficient (Wildman–Crippen LogP) is 2.62. The molecule has 1 rings (SSSR count). The summed E-state index contributed by atoms with van der Waals surface area (Å²) in [5.41, 5.74) is 3.46. The van der Waals surface area contributed by atoms with Crippen molar-refractivity contribution in [1.82, 2.24) is 5.32 Å². The molecule has 1 atom stereocenters. The Hall–Kier alpha value is -1.13. The van der Waals surface area contributed by atoms with Gasteiger partial charge < -0.3 is 15.4 Å². The van der Waals surface area contributed by atoms with Crippen LogP contribution in [0.4, 0.5) is 5.69 Å². The summed E-state index contributed by atoms with van der Waals surface area (Å²) >= 11 is 5.21. The van der Waals surface area contributed by atoms with E-state index in [2.05, 4.69) is 42.7 Å². The second kappa shape index (κ2) is 6.57. The van der Waals surface area contributed by atoms with Crippen LogP contribution in [0.5, 0.6) is 0 Å². The van der Waals surface area contributed by atoms with Crippen LogP contribution >= 0.6 is 12.2 Å². The number of hydrogen-bond donors (Lipinski definition) is 2. The van der Waals surface area contributed by atoms with Crippen molar-refractivity contribution in [2.24, 2.45) is 0 Å². The lowest BCUT2D eigenvalue weighted by Gasteiger charge is -2.14. The third kappa shape index (κ3) is 5.15. The first-order chi connectivity index (χ1) is 8.01. The van der Waals surface area contributed by atoms with Gasteiger partial charge in [-0.15, -0.1) is 0 Å². The molecule has 0 aliphatic heterocycles. The van der Waals surface area contributed by atoms with E-state index in [1.165, 1.54) is 11.1 Å². The molecule has 0 aromatic heterocycles. The fraction of sp³-hybridized carbons (Fsp3) is 0.462. The molecule has 0 saturated heterocycles. The topological polar surface area (TPSA) is 33.3 Å². The number of thiocarbonyl (C=S) groups is 1. The van der Waals surface area contributed by atoms with E-state index >= 15 is 0 Å². The molecule has 0 fully saturated rings. The Morgan fingerprint density at radius 1 is 1.29 bits per heavy atom. The zero-order valence-electron chi connectivity index (χ0n) is 10.8. The maximum Gasteiger partial charge on any atom is 0.170 e. The van der Waals surface area contributed by atoms with Crippen LogP contribution in [0.1, 0.15) is 18.1 Å². The number of hydrogen-bond acceptors (Lipinski definition) is 2. The van der Waals surface area contributed by atoms with Crippen LogP contribution in [-0.2, 0) is 4.74 Å². The van der Waals surface area contributed by atoms with Gasteiger partial charge in [0.2, 0.25) is 0 Å². The Morgan fingerprint density at radius 3 is 2.41 bits per heavy atom. The van der Waals surface area contributed by atoms with Crippen molar-refractivity contribution < 1.29 is 4.74 Å². The van der Waals surface area contributed by atoms with Crippen molar-refractivity contribution in [1.29, 1.82) is 0 Å². The van der Waals surface area contributed by atoms with Crippen LogP contribution in [0, 0.1) is 13.8 Å². The number of benzene rings is 1. The molecule has 0 bridgehead atoms. The van der Waals surface area contributed by atoms with E-state index < -0.39 is 0 Å². The van der Waals surface area contributed by atoms with Gasteiger partial charge in [-0.3, -0.25) is 0 Å². The van der Waals surface area contributed by atoms with E-state index in [0.717, 1.165) is 5.69 Å². The molecule has 0 amide bonds. The maximum absolute atomic E-state index is 5.21. The van der Waals surface area contributed by atoms with E-state index in [-0.39, 0.29) is 6.10 Å². The van der Waals surface area contributed by atoms with Crippen molar-refractivity contribution in [3.63, 3.8) is 0 Å². The summed E-state index contributed by atoms with van der Waals surface area (Å²) in [4.78, 5) is 0. The third-order valence-corrected chi connectivity index (χ3v) is 2.68. The number of nitrogens with one attached hydrogen (secondary N) is 2. The summed E-state index contributed by atoms with van der Waals surface area (Å²) in [5.74, 6) is 0. The first kappa shape index (κ1) is 13.9. The molecular weight excluding hydrogens is 232 g/mol. The second-order valence-corrected chi connectivity index (χ2v) is 4.67. The van der Waals surface area contributed by atoms with E-state index in [1.54, 1.807) is 7.11 Å². The van der Waals surface area contributed by atoms with Gasteiger partial charge in [0.1, 0.15) is 0 Å². The number of anilines is 1. The highest BCUT2D eigenvalue weighted by Gasteiger charge is 2.02. The summed E-state index contributed by atoms with van der Waals surface area (Å²) in [5, 5.41) is 6.91. The van der Waals surface area contributed by atoms with Gasteiger partial charge in [0.05, 0.1) is 6.10 Å². The van der Waals surface area contributed by atoms with Crippen LogP contribution < -0.4 is 10.6 Å². The van der Waals surface area contributed by atoms with Crippen LogP contribution in [0.25, 0.3) is 0 Å². The minimum Gasteiger partial charge on any atom is -0.380 e. The first-order valence-electron chi connectivity index (χ1n) is 5.67. The fourth-order valence-electron chi connectivity index (χ4n) is 1.54. The molecule has 1 aromatic rings. The highest BCUT2D eigenvalue weighted by molar-refractivity contribution is 7.80. The van der Waals surface area contributed by atoms with Crippen LogP contribution in [0.15, 0.2) is 18.2 Å². The van der Waals surface area contributed by atoms with Crippen LogP contribution in [-0.4, -0.2) is 24.9 Å². The average Bonchev–Trinajstić information content (AvgIpc) is 2.24. The Balaban J connectivity index is 2.50. The maximum atomic E-state index is 5.21. The van der Waals surface area contributed by atoms with Gasteiger partial charge in [0, 0.05) is 19.3 Å². The quantitative estimate of drug-likeness (QED) is 0.807. The van der Waals surface area contributed by atoms with E-state index in [1.807, 2.05) is 6.92 Å². The molecule has 17 heavy (non-hydrogen) atoms. The summed E-state index contributed by atoms with van der Waals surface area (Å²) in [7, 11) is 1.69. The predicted molar refractivity (Wildman–Crippen MR) is 76.6 cm³/mol. The molecule has 2 N–H and O–H groups in total. The number of methoxy groups -OCH3 is 1. The zero-order valence-corrected chi connectivity index (χ0v) is 11.6. The van der Waals surface area contributed by atoms with Crippen LogP contribution in [0.3, 0.4) is 0 Å². The molecular formula is C13H20N2OS. The van der Waals surface area contributed by atoms with Crippen LogP contribution in [0.2, 0.25) is 0 Å². The smallest absolute Gasteiger partial charge is 0.170 e. The molecule has 3 nitrogen and oxygen atoms in total. The molecule has 0 radical (unpaired) electrons. The molecule has 4 heteroatoms. The summed E-state index contributed by atoms with van der Waals surface area (Å²) in [6, 6.07) is 6.27. The monoisotopic (exact) mass is 252 g/mol. The minimum absolute atomic E-state index is 0.147. The number of ether oxygens (including phenoxy) is 1. The minimum atomic E-state index is 0.147. The van der Waals surface area contributed by atoms with Gasteiger partial charge in [-0.05, 0) is 56.2 Å². The second-order valence-electron chi connectivity index (χ2n) is 4.26. The van der Waals surface area contributed by atoms with E-state index in [4.69, 9.17) is 17.0 Å². The van der Waals surface area contributed by atoms with Crippen molar-refractivity contribution in [2.75, 3.05) is 19.0 Å². The zero-order chi connectivity index (χ0) is 12.8. The molecule has 0 spiro atoms. The Morgan fingerprint density at radius 2 is 1.88 bits per heavy atom. The highest BCUT2D eigenvalue weighted by atomic mass is 32.1. The van der Waals surface area contributed by atoms with Gasteiger partial charge in [-0.1, -0.05) is 6.07 Å². The lowest BCUT2D eigenvalue weighted by Crippen LogP contribution is -2.34. The Bertz CT molecular complexity index is 373. The highest BCUT2D eigenvalue weighted by Crippen LogP contribution is 2.13. The molecule has 0 heterocycles. The molecule has 0 aliphatic carbocycles. The SMILES string of the molecule is COC(C)CNC(=S)Nc1cc(C)cc(C)c1. The third-order valence-electron chi connectivity index (χ3n) is 2.43. The lowest BCUT2D eigenvalue weighted by molar-refractivity contribution is 0.121. The van der Waals surface area contributed by atoms with Crippen molar-refractivity contribution in [2.45, 2.75) is 26.9 Å². The Labute approximate surface area is 109 Å². The summed E-state index contributed by atoms with van der Waals surface area (Å²) < 4.78 is 5.14. The lowest BCUT2D eigenvalue weighted by atomic mass is 10.1. The van der Waals surface area contributed by atoms with Gasteiger partial charge in [0.25, 0.3) is 0 Å². The van der Waals surface area contributed by atoms with E-state index in [0.29, 0.717) is 11.7 Å². The van der Waals surface area contributed by atoms with Gasteiger partial charge >= 0.3 is 0 Å².